The van der Waals surface area contributed by atoms with Crippen LogP contribution in [0, 0.1) is 5.92 Å². The molecule has 6 nitrogen and oxygen atoms in total. The van der Waals surface area contributed by atoms with Crippen LogP contribution in [-0.4, -0.2) is 23.1 Å². The molecule has 3 N–H and O–H groups in total. The van der Waals surface area contributed by atoms with E-state index >= 15 is 0 Å². The maximum Gasteiger partial charge on any atom is 0.139 e. The van der Waals surface area contributed by atoms with Gasteiger partial charge in [-0.15, -0.1) is 0 Å². The fraction of sp³-hybridized carbons (Fsp3) is 0.175. The van der Waals surface area contributed by atoms with Crippen LogP contribution in [0.1, 0.15) is 65.9 Å². The number of ether oxygens (including phenoxy) is 1. The van der Waals surface area contributed by atoms with E-state index in [0.717, 1.165) is 75.8 Å². The number of aromatic amines is 1. The first-order valence-electron chi connectivity index (χ1n) is 22.5. The molecular formula is C57H46N4O2. The second-order valence-corrected chi connectivity index (χ2v) is 17.8. The van der Waals surface area contributed by atoms with Gasteiger partial charge < -0.3 is 19.5 Å². The lowest BCUT2D eigenvalue weighted by atomic mass is 9.73. The minimum atomic E-state index is -0.229. The number of amidine groups is 1. The van der Waals surface area contributed by atoms with Crippen molar-refractivity contribution >= 4 is 55.2 Å². The van der Waals surface area contributed by atoms with Crippen LogP contribution in [0.4, 0.5) is 0 Å². The Bertz CT molecular complexity index is 3320. The number of furan rings is 1. The number of aliphatic imine (C=N–C) groups is 1. The summed E-state index contributed by atoms with van der Waals surface area (Å²) in [6, 6.07) is 49.8. The van der Waals surface area contributed by atoms with Crippen LogP contribution >= 0.6 is 0 Å². The summed E-state index contributed by atoms with van der Waals surface area (Å²) in [4.78, 5) is 9.20. The Morgan fingerprint density at radius 3 is 2.38 bits per heavy atom. The monoisotopic (exact) mass is 818 g/mol. The number of hydrogen-bond donors (Lipinski definition) is 3. The van der Waals surface area contributed by atoms with Crippen LogP contribution in [-0.2, 0) is 0 Å². The van der Waals surface area contributed by atoms with Gasteiger partial charge in [-0.1, -0.05) is 152 Å². The van der Waals surface area contributed by atoms with Crippen molar-refractivity contribution in [1.82, 2.24) is 15.6 Å². The molecule has 6 atom stereocenters. The number of rotatable bonds is 6. The summed E-state index contributed by atoms with van der Waals surface area (Å²) in [6.45, 7) is 0. The molecule has 6 unspecified atom stereocenters. The molecule has 5 aliphatic rings. The molecule has 8 aromatic rings. The minimum Gasteiger partial charge on any atom is -0.484 e. The van der Waals surface area contributed by atoms with Gasteiger partial charge in [-0.3, -0.25) is 5.32 Å². The summed E-state index contributed by atoms with van der Waals surface area (Å²) in [5.74, 6) is 2.40. The molecular weight excluding hydrogens is 773 g/mol. The van der Waals surface area contributed by atoms with Crippen LogP contribution in [0.5, 0.6) is 5.75 Å². The number of nitrogens with zero attached hydrogens (tertiary/aromatic N) is 1. The number of aromatic nitrogens is 1. The van der Waals surface area contributed by atoms with Crippen LogP contribution in [0.25, 0.3) is 49.3 Å². The van der Waals surface area contributed by atoms with Gasteiger partial charge in [0.15, 0.2) is 0 Å². The summed E-state index contributed by atoms with van der Waals surface area (Å²) in [6.07, 6.45) is 17.6. The Labute approximate surface area is 366 Å². The predicted molar refractivity (Wildman–Crippen MR) is 256 cm³/mol. The number of para-hydroxylation sites is 4. The van der Waals surface area contributed by atoms with Crippen LogP contribution in [0.15, 0.2) is 202 Å². The molecule has 2 aliphatic heterocycles. The number of benzene rings is 6. The van der Waals surface area contributed by atoms with E-state index in [-0.39, 0.29) is 36.2 Å². The molecule has 0 saturated carbocycles. The first-order valence-corrected chi connectivity index (χ1v) is 22.5. The van der Waals surface area contributed by atoms with Crippen molar-refractivity contribution in [2.24, 2.45) is 10.9 Å². The zero-order valence-electron chi connectivity index (χ0n) is 34.8. The van der Waals surface area contributed by atoms with Crippen molar-refractivity contribution in [3.05, 3.63) is 215 Å². The highest BCUT2D eigenvalue weighted by atomic mass is 16.5. The van der Waals surface area contributed by atoms with E-state index in [9.17, 15) is 0 Å². The summed E-state index contributed by atoms with van der Waals surface area (Å²) >= 11 is 0. The third kappa shape index (κ3) is 6.15. The highest BCUT2D eigenvalue weighted by Gasteiger charge is 2.41. The highest BCUT2D eigenvalue weighted by molar-refractivity contribution is 6.14. The second-order valence-electron chi connectivity index (χ2n) is 17.8. The van der Waals surface area contributed by atoms with Crippen molar-refractivity contribution in [2.45, 2.75) is 56.0 Å². The number of H-pyrrole nitrogens is 1. The quantitative estimate of drug-likeness (QED) is 0.156. The number of hydrogen-bond acceptors (Lipinski definition) is 5. The fourth-order valence-corrected chi connectivity index (χ4v) is 11.1. The molecule has 0 bridgehead atoms. The fourth-order valence-electron chi connectivity index (χ4n) is 11.1. The summed E-state index contributed by atoms with van der Waals surface area (Å²) in [7, 11) is 0. The van der Waals surface area contributed by atoms with Crippen molar-refractivity contribution in [2.75, 3.05) is 0 Å². The maximum atomic E-state index is 6.83. The summed E-state index contributed by atoms with van der Waals surface area (Å²) < 4.78 is 13.6. The van der Waals surface area contributed by atoms with Crippen molar-refractivity contribution in [3.8, 4) is 5.75 Å². The second kappa shape index (κ2) is 14.7. The largest absolute Gasteiger partial charge is 0.484 e. The van der Waals surface area contributed by atoms with Crippen LogP contribution in [0.3, 0.4) is 0 Å². The first kappa shape index (κ1) is 36.5. The lowest BCUT2D eigenvalue weighted by Gasteiger charge is -2.41. The lowest BCUT2D eigenvalue weighted by molar-refractivity contribution is 0.243. The van der Waals surface area contributed by atoms with E-state index in [2.05, 4.69) is 192 Å². The van der Waals surface area contributed by atoms with E-state index in [1.165, 1.54) is 49.8 Å². The minimum absolute atomic E-state index is 0.0730. The van der Waals surface area contributed by atoms with Crippen LogP contribution < -0.4 is 15.4 Å². The molecule has 2 aromatic heterocycles. The molecule has 0 saturated heterocycles. The Balaban J connectivity index is 0.901. The van der Waals surface area contributed by atoms with Gasteiger partial charge in [0.1, 0.15) is 35.0 Å². The van der Waals surface area contributed by atoms with E-state index < -0.39 is 0 Å². The van der Waals surface area contributed by atoms with E-state index in [1.54, 1.807) is 0 Å². The van der Waals surface area contributed by atoms with Gasteiger partial charge >= 0.3 is 0 Å². The lowest BCUT2D eigenvalue weighted by Crippen LogP contribution is -2.56. The molecule has 0 fully saturated rings. The summed E-state index contributed by atoms with van der Waals surface area (Å²) in [5.41, 5.74) is 14.0. The number of fused-ring (bicyclic) bond motifs is 9. The van der Waals surface area contributed by atoms with Gasteiger partial charge in [0.25, 0.3) is 0 Å². The molecule has 3 aliphatic carbocycles. The molecule has 4 heterocycles. The molecule has 0 amide bonds. The predicted octanol–water partition coefficient (Wildman–Crippen LogP) is 13.1. The molecule has 13 rings (SSSR count). The van der Waals surface area contributed by atoms with E-state index in [4.69, 9.17) is 14.1 Å². The van der Waals surface area contributed by atoms with Gasteiger partial charge in [-0.2, -0.15) is 0 Å². The molecule has 306 valence electrons. The van der Waals surface area contributed by atoms with Gasteiger partial charge in [-0.05, 0) is 83.7 Å². The van der Waals surface area contributed by atoms with Gasteiger partial charge in [0, 0.05) is 61.1 Å². The van der Waals surface area contributed by atoms with Crippen molar-refractivity contribution < 1.29 is 9.15 Å². The molecule has 6 aromatic carbocycles. The van der Waals surface area contributed by atoms with E-state index in [1.807, 2.05) is 0 Å². The van der Waals surface area contributed by atoms with Crippen LogP contribution in [0.2, 0.25) is 0 Å². The topological polar surface area (TPSA) is 74.6 Å². The van der Waals surface area contributed by atoms with E-state index in [0.29, 0.717) is 0 Å². The molecule has 0 radical (unpaired) electrons. The van der Waals surface area contributed by atoms with Crippen molar-refractivity contribution in [3.63, 3.8) is 0 Å². The Hall–Kier alpha value is -7.15. The average molecular weight is 819 g/mol. The van der Waals surface area contributed by atoms with Gasteiger partial charge in [-0.25, -0.2) is 4.99 Å². The molecule has 6 heteroatoms. The third-order valence-electron chi connectivity index (χ3n) is 14.1. The SMILES string of the molecule is C1=CC2c3ccccc3OC2C(C2=CC(c3cccc4c3oc3ccccc34)CC(C3NC(C4=CCCC=C4c4ccc5c(c4)[nH]c4ccccc45)=NC(c4ccccc4)N3)C2)=C1. The van der Waals surface area contributed by atoms with Crippen molar-refractivity contribution in [1.29, 1.82) is 0 Å². The zero-order valence-corrected chi connectivity index (χ0v) is 34.8. The number of nitrogens with one attached hydrogen (secondary N) is 3. The molecule has 63 heavy (non-hydrogen) atoms. The molecule has 0 spiro atoms. The van der Waals surface area contributed by atoms with Gasteiger partial charge in [0.05, 0.1) is 6.17 Å². The number of allylic oxidation sites excluding steroid dienone is 5. The Morgan fingerprint density at radius 2 is 1.44 bits per heavy atom. The maximum absolute atomic E-state index is 6.83. The third-order valence-corrected chi connectivity index (χ3v) is 14.1. The van der Waals surface area contributed by atoms with Gasteiger partial charge in [0.2, 0.25) is 0 Å². The average Bonchev–Trinajstić information content (AvgIpc) is 4.05. The highest BCUT2D eigenvalue weighted by Crippen LogP contribution is 2.49. The Morgan fingerprint density at radius 1 is 0.667 bits per heavy atom. The Kier molecular flexibility index (Phi) is 8.54. The normalized spacial score (nSPS) is 24.2. The first-order chi connectivity index (χ1) is 31.2. The summed E-state index contributed by atoms with van der Waals surface area (Å²) in [5, 5.41) is 12.9. The smallest absolute Gasteiger partial charge is 0.139 e. The standard InChI is InChI=1S/C57H46N4O2/c1-2-14-34(15-3-1)55-59-56(61-57(60-55)48-20-5-4-16-39(48)35-28-29-43-42-17-6-9-25-49(42)58-50(43)33-35)38-31-36(40-21-12-23-46-44-18-7-10-26-51(44)62-53(40)46)30-37(32-38)41-22-13-24-47-45-19-8-11-27-52(45)63-54(41)47/h1-3,6-30,33,36,38,47,54-56,58-59H,4-5,31-32H2,(H,60,61). The zero-order chi connectivity index (χ0) is 41.4.